The zero-order chi connectivity index (χ0) is 17.4. The highest BCUT2D eigenvalue weighted by atomic mass is 32.1. The van der Waals surface area contributed by atoms with Crippen LogP contribution in [0.1, 0.15) is 24.5 Å². The minimum Gasteiger partial charge on any atom is -0.375 e. The number of benzene rings is 2. The Balaban J connectivity index is 1.86. The molecule has 0 bridgehead atoms. The van der Waals surface area contributed by atoms with Gasteiger partial charge in [-0.05, 0) is 61.0 Å². The summed E-state index contributed by atoms with van der Waals surface area (Å²) in [6.07, 6.45) is 2.89. The first kappa shape index (κ1) is 17.9. The molecule has 0 aliphatic heterocycles. The summed E-state index contributed by atoms with van der Waals surface area (Å²) in [6, 6.07) is 16.3. The summed E-state index contributed by atoms with van der Waals surface area (Å²) in [5.41, 5.74) is 7.20. The summed E-state index contributed by atoms with van der Waals surface area (Å²) in [6.45, 7) is 5.27. The Bertz CT molecular complexity index is 695. The van der Waals surface area contributed by atoms with E-state index in [0.717, 1.165) is 24.2 Å². The van der Waals surface area contributed by atoms with Gasteiger partial charge in [-0.1, -0.05) is 31.2 Å². The fraction of sp³-hybridized carbons (Fsp3) is 0.263. The second-order valence-electron chi connectivity index (χ2n) is 5.71. The number of thiocarbonyl (C=S) groups is 1. The molecule has 24 heavy (non-hydrogen) atoms. The van der Waals surface area contributed by atoms with Crippen molar-refractivity contribution in [2.45, 2.75) is 20.3 Å². The lowest BCUT2D eigenvalue weighted by atomic mass is 10.2. The zero-order valence-electron chi connectivity index (χ0n) is 14.4. The first-order valence-electron chi connectivity index (χ1n) is 8.06. The van der Waals surface area contributed by atoms with Crippen molar-refractivity contribution in [1.82, 2.24) is 5.43 Å². The van der Waals surface area contributed by atoms with Crippen molar-refractivity contribution in [2.75, 3.05) is 23.8 Å². The molecule has 0 atom stereocenters. The Morgan fingerprint density at radius 2 is 1.96 bits per heavy atom. The molecule has 126 valence electrons. The Labute approximate surface area is 149 Å². The first-order chi connectivity index (χ1) is 11.6. The maximum atomic E-state index is 5.24. The fourth-order valence-electron chi connectivity index (χ4n) is 2.33. The predicted molar refractivity (Wildman–Crippen MR) is 108 cm³/mol. The molecule has 2 aromatic carbocycles. The van der Waals surface area contributed by atoms with Crippen LogP contribution in [-0.4, -0.2) is 24.9 Å². The summed E-state index contributed by atoms with van der Waals surface area (Å²) in [5.74, 6) is 0. The van der Waals surface area contributed by atoms with Crippen LogP contribution >= 0.6 is 12.2 Å². The van der Waals surface area contributed by atoms with Crippen LogP contribution in [0.4, 0.5) is 11.4 Å². The minimum absolute atomic E-state index is 0.469. The number of aryl methyl sites for hydroxylation is 1. The van der Waals surface area contributed by atoms with Crippen LogP contribution in [0.3, 0.4) is 0 Å². The van der Waals surface area contributed by atoms with Crippen LogP contribution in [0.25, 0.3) is 0 Å². The lowest BCUT2D eigenvalue weighted by Crippen LogP contribution is -2.23. The van der Waals surface area contributed by atoms with E-state index in [1.807, 2.05) is 43.3 Å². The SMILES string of the molecule is CCCN(C)c1ccc(/C=N/NC(=S)Nc2cccc(C)c2)cc1. The standard InChI is InChI=1S/C19H24N4S/c1-4-12-23(3)18-10-8-16(9-11-18)14-20-22-19(24)21-17-7-5-6-15(2)13-17/h5-11,13-14H,4,12H2,1-3H3,(H2,21,22,24)/b20-14+. The third-order valence-corrected chi connectivity index (χ3v) is 3.74. The number of nitrogens with one attached hydrogen (secondary N) is 2. The summed E-state index contributed by atoms with van der Waals surface area (Å²) in [7, 11) is 2.10. The van der Waals surface area contributed by atoms with Gasteiger partial charge in [0.1, 0.15) is 0 Å². The Morgan fingerprint density at radius 3 is 2.62 bits per heavy atom. The van der Waals surface area contributed by atoms with E-state index in [1.165, 1.54) is 11.3 Å². The lowest BCUT2D eigenvalue weighted by molar-refractivity contribution is 0.852. The predicted octanol–water partition coefficient (Wildman–Crippen LogP) is 4.16. The minimum atomic E-state index is 0.469. The van der Waals surface area contributed by atoms with E-state index < -0.39 is 0 Å². The second kappa shape index (κ2) is 9.03. The van der Waals surface area contributed by atoms with Crippen molar-refractivity contribution in [1.29, 1.82) is 0 Å². The van der Waals surface area contributed by atoms with Crippen molar-refractivity contribution < 1.29 is 0 Å². The summed E-state index contributed by atoms with van der Waals surface area (Å²) < 4.78 is 0. The smallest absolute Gasteiger partial charge is 0.191 e. The van der Waals surface area contributed by atoms with Gasteiger partial charge in [0.25, 0.3) is 0 Å². The molecule has 5 heteroatoms. The highest BCUT2D eigenvalue weighted by Crippen LogP contribution is 2.13. The fourth-order valence-corrected chi connectivity index (χ4v) is 2.50. The van der Waals surface area contributed by atoms with Gasteiger partial charge >= 0.3 is 0 Å². The van der Waals surface area contributed by atoms with Crippen molar-refractivity contribution in [3.05, 3.63) is 59.7 Å². The van der Waals surface area contributed by atoms with E-state index in [9.17, 15) is 0 Å². The molecule has 2 aromatic rings. The number of hydrogen-bond donors (Lipinski definition) is 2. The van der Waals surface area contributed by atoms with Crippen LogP contribution in [0, 0.1) is 6.92 Å². The van der Waals surface area contributed by atoms with E-state index in [1.54, 1.807) is 6.21 Å². The van der Waals surface area contributed by atoms with E-state index >= 15 is 0 Å². The molecule has 0 heterocycles. The maximum absolute atomic E-state index is 5.24. The molecule has 2 N–H and O–H groups in total. The number of hydrazone groups is 1. The number of anilines is 2. The molecule has 0 aliphatic rings. The Kier molecular flexibility index (Phi) is 6.75. The van der Waals surface area contributed by atoms with Crippen LogP contribution < -0.4 is 15.6 Å². The molecule has 0 spiro atoms. The molecule has 0 radical (unpaired) electrons. The molecular weight excluding hydrogens is 316 g/mol. The van der Waals surface area contributed by atoms with Crippen LogP contribution in [0.15, 0.2) is 53.6 Å². The van der Waals surface area contributed by atoms with Crippen molar-refractivity contribution in [3.8, 4) is 0 Å². The number of nitrogens with zero attached hydrogens (tertiary/aromatic N) is 2. The summed E-state index contributed by atoms with van der Waals surface area (Å²) in [4.78, 5) is 2.24. The topological polar surface area (TPSA) is 39.7 Å². The maximum Gasteiger partial charge on any atom is 0.191 e. The lowest BCUT2D eigenvalue weighted by Gasteiger charge is -2.18. The van der Waals surface area contributed by atoms with E-state index in [-0.39, 0.29) is 0 Å². The highest BCUT2D eigenvalue weighted by molar-refractivity contribution is 7.80. The number of hydrogen-bond acceptors (Lipinski definition) is 3. The Morgan fingerprint density at radius 1 is 1.21 bits per heavy atom. The van der Waals surface area contributed by atoms with Gasteiger partial charge in [-0.15, -0.1) is 0 Å². The molecule has 2 rings (SSSR count). The third kappa shape index (κ3) is 5.66. The van der Waals surface area contributed by atoms with Crippen molar-refractivity contribution in [3.63, 3.8) is 0 Å². The van der Waals surface area contributed by atoms with Gasteiger partial charge in [-0.3, -0.25) is 5.43 Å². The largest absolute Gasteiger partial charge is 0.375 e. The average Bonchev–Trinajstić information content (AvgIpc) is 2.55. The van der Waals surface area contributed by atoms with Crippen molar-refractivity contribution >= 4 is 34.9 Å². The molecule has 0 unspecified atom stereocenters. The van der Waals surface area contributed by atoms with Gasteiger partial charge in [-0.25, -0.2) is 0 Å². The monoisotopic (exact) mass is 340 g/mol. The summed E-state index contributed by atoms with van der Waals surface area (Å²) in [5, 5.41) is 7.75. The van der Waals surface area contributed by atoms with Crippen LogP contribution in [0.2, 0.25) is 0 Å². The van der Waals surface area contributed by atoms with Gasteiger partial charge in [0.15, 0.2) is 5.11 Å². The number of rotatable bonds is 6. The Hall–Kier alpha value is -2.40. The van der Waals surface area contributed by atoms with Crippen LogP contribution in [-0.2, 0) is 0 Å². The van der Waals surface area contributed by atoms with Crippen LogP contribution in [0.5, 0.6) is 0 Å². The average molecular weight is 340 g/mol. The summed E-state index contributed by atoms with van der Waals surface area (Å²) >= 11 is 5.24. The van der Waals surface area contributed by atoms with Crippen molar-refractivity contribution in [2.24, 2.45) is 5.10 Å². The molecule has 0 fully saturated rings. The molecule has 4 nitrogen and oxygen atoms in total. The molecule has 0 saturated heterocycles. The second-order valence-corrected chi connectivity index (χ2v) is 6.11. The van der Waals surface area contributed by atoms with Gasteiger partial charge in [-0.2, -0.15) is 5.10 Å². The van der Waals surface area contributed by atoms with Gasteiger partial charge in [0.05, 0.1) is 6.21 Å². The molecular formula is C19H24N4S. The molecule has 0 amide bonds. The zero-order valence-corrected chi connectivity index (χ0v) is 15.2. The molecule has 0 aromatic heterocycles. The van der Waals surface area contributed by atoms with E-state index in [0.29, 0.717) is 5.11 Å². The van der Waals surface area contributed by atoms with Gasteiger partial charge in [0.2, 0.25) is 0 Å². The highest BCUT2D eigenvalue weighted by Gasteiger charge is 1.99. The molecule has 0 saturated carbocycles. The molecule has 0 aliphatic carbocycles. The quantitative estimate of drug-likeness (QED) is 0.470. The van der Waals surface area contributed by atoms with E-state index in [2.05, 4.69) is 46.8 Å². The third-order valence-electron chi connectivity index (χ3n) is 3.55. The first-order valence-corrected chi connectivity index (χ1v) is 8.47. The van der Waals surface area contributed by atoms with Gasteiger partial charge < -0.3 is 10.2 Å². The normalized spacial score (nSPS) is 10.6. The van der Waals surface area contributed by atoms with E-state index in [4.69, 9.17) is 12.2 Å². The van der Waals surface area contributed by atoms with Gasteiger partial charge in [0, 0.05) is 25.0 Å².